The van der Waals surface area contributed by atoms with Gasteiger partial charge >= 0.3 is 11.9 Å². The van der Waals surface area contributed by atoms with Crippen LogP contribution >= 0.6 is 0 Å². The lowest BCUT2D eigenvalue weighted by Crippen LogP contribution is -2.55. The van der Waals surface area contributed by atoms with Gasteiger partial charge in [0.15, 0.2) is 0 Å². The Morgan fingerprint density at radius 2 is 1.55 bits per heavy atom. The molecular formula is C10H17N3O7. The largest absolute Gasteiger partial charge is 0.481 e. The first kappa shape index (κ1) is 17.8. The number of rotatable bonds is 8. The molecule has 114 valence electrons. The minimum atomic E-state index is -1.59. The van der Waals surface area contributed by atoms with E-state index in [4.69, 9.17) is 21.1 Å². The summed E-state index contributed by atoms with van der Waals surface area (Å²) in [5, 5.41) is 30.1. The Hall–Kier alpha value is -2.20. The van der Waals surface area contributed by atoms with E-state index in [-0.39, 0.29) is 0 Å². The summed E-state index contributed by atoms with van der Waals surface area (Å²) in [4.78, 5) is 44.3. The average Bonchev–Trinajstić information content (AvgIpc) is 2.33. The van der Waals surface area contributed by atoms with Gasteiger partial charge < -0.3 is 31.7 Å². The van der Waals surface area contributed by atoms with Gasteiger partial charge in [-0.2, -0.15) is 0 Å². The van der Waals surface area contributed by atoms with Crippen LogP contribution in [0.4, 0.5) is 0 Å². The molecule has 0 saturated carbocycles. The third kappa shape index (κ3) is 6.11. The molecule has 0 bridgehead atoms. The van der Waals surface area contributed by atoms with Gasteiger partial charge in [-0.3, -0.25) is 14.4 Å². The fourth-order valence-corrected chi connectivity index (χ4v) is 1.14. The molecule has 10 nitrogen and oxygen atoms in total. The molecule has 0 unspecified atom stereocenters. The summed E-state index contributed by atoms with van der Waals surface area (Å²) in [5.41, 5.74) is 5.27. The Labute approximate surface area is 113 Å². The van der Waals surface area contributed by atoms with E-state index in [0.717, 1.165) is 0 Å². The van der Waals surface area contributed by atoms with Crippen LogP contribution in [-0.2, 0) is 19.2 Å². The molecule has 3 atom stereocenters. The van der Waals surface area contributed by atoms with Crippen molar-refractivity contribution in [3.8, 4) is 0 Å². The van der Waals surface area contributed by atoms with Crippen LogP contribution < -0.4 is 16.4 Å². The molecule has 0 aromatic carbocycles. The average molecular weight is 291 g/mol. The number of carbonyl (C=O) groups excluding carboxylic acids is 2. The van der Waals surface area contributed by atoms with Gasteiger partial charge in [0.05, 0.1) is 19.1 Å². The molecule has 0 aliphatic carbocycles. The van der Waals surface area contributed by atoms with Crippen molar-refractivity contribution >= 4 is 23.8 Å². The maximum absolute atomic E-state index is 11.7. The number of aliphatic carboxylic acids is 2. The van der Waals surface area contributed by atoms with Crippen LogP contribution in [0.15, 0.2) is 0 Å². The number of hydrogen-bond acceptors (Lipinski definition) is 6. The van der Waals surface area contributed by atoms with E-state index in [1.807, 2.05) is 5.32 Å². The molecule has 0 aliphatic rings. The normalized spacial score (nSPS) is 14.8. The van der Waals surface area contributed by atoms with Gasteiger partial charge in [-0.15, -0.1) is 0 Å². The summed E-state index contributed by atoms with van der Waals surface area (Å²) in [6.07, 6.45) is -0.748. The molecular weight excluding hydrogens is 274 g/mol. The van der Waals surface area contributed by atoms with Crippen LogP contribution in [0.3, 0.4) is 0 Å². The highest BCUT2D eigenvalue weighted by Gasteiger charge is 2.28. The zero-order valence-corrected chi connectivity index (χ0v) is 10.7. The second kappa shape index (κ2) is 8.07. The van der Waals surface area contributed by atoms with Crippen molar-refractivity contribution in [2.45, 2.75) is 31.5 Å². The molecule has 0 spiro atoms. The van der Waals surface area contributed by atoms with Crippen molar-refractivity contribution in [2.24, 2.45) is 5.73 Å². The van der Waals surface area contributed by atoms with Crippen LogP contribution in [0.1, 0.15) is 13.3 Å². The molecule has 7 N–H and O–H groups in total. The molecule has 0 aromatic heterocycles. The van der Waals surface area contributed by atoms with Gasteiger partial charge in [-0.25, -0.2) is 4.79 Å². The summed E-state index contributed by atoms with van der Waals surface area (Å²) >= 11 is 0. The van der Waals surface area contributed by atoms with Crippen LogP contribution in [0.2, 0.25) is 0 Å². The highest BCUT2D eigenvalue weighted by Crippen LogP contribution is 1.96. The number of carboxylic acid groups (broad SMARTS) is 2. The first-order chi connectivity index (χ1) is 9.18. The predicted molar refractivity (Wildman–Crippen MR) is 64.5 cm³/mol. The second-order valence-electron chi connectivity index (χ2n) is 4.03. The lowest BCUT2D eigenvalue weighted by molar-refractivity contribution is -0.144. The molecule has 0 radical (unpaired) electrons. The van der Waals surface area contributed by atoms with E-state index in [2.05, 4.69) is 5.32 Å². The Balaban J connectivity index is 4.84. The number of carboxylic acids is 2. The number of amides is 2. The van der Waals surface area contributed by atoms with Crippen molar-refractivity contribution < 1.29 is 34.5 Å². The highest BCUT2D eigenvalue weighted by atomic mass is 16.4. The summed E-state index contributed by atoms with van der Waals surface area (Å²) in [6.45, 7) is 0.459. The van der Waals surface area contributed by atoms with Crippen molar-refractivity contribution in [3.63, 3.8) is 0 Å². The second-order valence-corrected chi connectivity index (χ2v) is 4.03. The monoisotopic (exact) mass is 291 g/mol. The lowest BCUT2D eigenvalue weighted by Gasteiger charge is -2.20. The highest BCUT2D eigenvalue weighted by molar-refractivity contribution is 5.93. The van der Waals surface area contributed by atoms with E-state index >= 15 is 0 Å². The SMILES string of the molecule is C[C@H](N)C(=O)N[C@@H](CC(=O)O)C(=O)N[C@H](CO)C(=O)O. The van der Waals surface area contributed by atoms with Gasteiger partial charge in [0.25, 0.3) is 0 Å². The van der Waals surface area contributed by atoms with Gasteiger partial charge in [0.1, 0.15) is 12.1 Å². The van der Waals surface area contributed by atoms with Crippen molar-refractivity contribution in [1.82, 2.24) is 10.6 Å². The van der Waals surface area contributed by atoms with Crippen molar-refractivity contribution in [2.75, 3.05) is 6.61 Å². The van der Waals surface area contributed by atoms with Crippen LogP contribution in [-0.4, -0.2) is 63.8 Å². The molecule has 0 heterocycles. The van der Waals surface area contributed by atoms with Crippen molar-refractivity contribution in [3.05, 3.63) is 0 Å². The molecule has 0 saturated heterocycles. The maximum atomic E-state index is 11.7. The Kier molecular flexibility index (Phi) is 7.18. The Bertz CT molecular complexity index is 396. The molecule has 0 fully saturated rings. The lowest BCUT2D eigenvalue weighted by atomic mass is 10.1. The molecule has 0 aliphatic heterocycles. The zero-order chi connectivity index (χ0) is 15.9. The van der Waals surface area contributed by atoms with Gasteiger partial charge in [-0.1, -0.05) is 0 Å². The fourth-order valence-electron chi connectivity index (χ4n) is 1.14. The summed E-state index contributed by atoms with van der Waals surface area (Å²) in [7, 11) is 0. The molecule has 20 heavy (non-hydrogen) atoms. The first-order valence-electron chi connectivity index (χ1n) is 5.60. The minimum Gasteiger partial charge on any atom is -0.481 e. The molecule has 0 aromatic rings. The van der Waals surface area contributed by atoms with E-state index < -0.39 is 54.9 Å². The first-order valence-corrected chi connectivity index (χ1v) is 5.60. The van der Waals surface area contributed by atoms with E-state index in [9.17, 15) is 19.2 Å². The Morgan fingerprint density at radius 1 is 1.05 bits per heavy atom. The summed E-state index contributed by atoms with van der Waals surface area (Å²) in [5.74, 6) is -4.66. The van der Waals surface area contributed by atoms with Gasteiger partial charge in [-0.05, 0) is 6.92 Å². The number of nitrogens with one attached hydrogen (secondary N) is 2. The number of nitrogens with two attached hydrogens (primary N) is 1. The number of hydrogen-bond donors (Lipinski definition) is 6. The predicted octanol–water partition coefficient (Wildman–Crippen LogP) is -3.15. The quantitative estimate of drug-likeness (QED) is 0.271. The van der Waals surface area contributed by atoms with Crippen LogP contribution in [0, 0.1) is 0 Å². The van der Waals surface area contributed by atoms with E-state index in [0.29, 0.717) is 0 Å². The standard InChI is InChI=1S/C10H17N3O7/c1-4(11)8(17)12-5(2-7(15)16)9(18)13-6(3-14)10(19)20/h4-6,14H,2-3,11H2,1H3,(H,12,17)(H,13,18)(H,15,16)(H,19,20)/t4-,5-,6+/m0/s1. The van der Waals surface area contributed by atoms with Gasteiger partial charge in [0, 0.05) is 0 Å². The van der Waals surface area contributed by atoms with Crippen LogP contribution in [0.5, 0.6) is 0 Å². The van der Waals surface area contributed by atoms with Crippen LogP contribution in [0.25, 0.3) is 0 Å². The summed E-state index contributed by atoms with van der Waals surface area (Å²) < 4.78 is 0. The maximum Gasteiger partial charge on any atom is 0.328 e. The zero-order valence-electron chi connectivity index (χ0n) is 10.7. The molecule has 10 heteroatoms. The van der Waals surface area contributed by atoms with Crippen molar-refractivity contribution in [1.29, 1.82) is 0 Å². The topological polar surface area (TPSA) is 179 Å². The number of aliphatic hydroxyl groups excluding tert-OH is 1. The minimum absolute atomic E-state index is 0.748. The number of carbonyl (C=O) groups is 4. The number of aliphatic hydroxyl groups is 1. The third-order valence-electron chi connectivity index (χ3n) is 2.22. The molecule has 2 amide bonds. The van der Waals surface area contributed by atoms with E-state index in [1.54, 1.807) is 0 Å². The third-order valence-corrected chi connectivity index (χ3v) is 2.22. The van der Waals surface area contributed by atoms with Gasteiger partial charge in [0.2, 0.25) is 11.8 Å². The summed E-state index contributed by atoms with van der Waals surface area (Å²) in [6, 6.07) is -4.04. The smallest absolute Gasteiger partial charge is 0.328 e. The fraction of sp³-hybridized carbons (Fsp3) is 0.600. The van der Waals surface area contributed by atoms with E-state index in [1.165, 1.54) is 6.92 Å². The Morgan fingerprint density at radius 3 is 1.90 bits per heavy atom. The molecule has 0 rings (SSSR count).